The van der Waals surface area contributed by atoms with Crippen molar-refractivity contribution in [3.8, 4) is 0 Å². The minimum absolute atomic E-state index is 0.677. The van der Waals surface area contributed by atoms with Crippen LogP contribution in [0.3, 0.4) is 0 Å². The molecule has 0 saturated heterocycles. The summed E-state index contributed by atoms with van der Waals surface area (Å²) in [4.78, 5) is 0. The van der Waals surface area contributed by atoms with Crippen LogP contribution in [-0.4, -0.2) is 43.0 Å². The molecular weight excluding hydrogens is 160 g/mol. The van der Waals surface area contributed by atoms with Crippen molar-refractivity contribution in [2.75, 3.05) is 27.7 Å². The fourth-order valence-electron chi connectivity index (χ4n) is 2.14. The van der Waals surface area contributed by atoms with Crippen molar-refractivity contribution in [1.82, 2.24) is 0 Å². The molecule has 1 aliphatic rings. The van der Waals surface area contributed by atoms with Gasteiger partial charge in [0.2, 0.25) is 0 Å². The van der Waals surface area contributed by atoms with Crippen molar-refractivity contribution in [2.24, 2.45) is 5.92 Å². The second kappa shape index (κ2) is 3.26. The molecule has 0 fully saturated rings. The Bertz CT molecular complexity index is 272. The van der Waals surface area contributed by atoms with Crippen LogP contribution in [-0.2, 0) is 0 Å². The number of hydrogen-bond acceptors (Lipinski definition) is 0. The molecule has 0 N–H and O–H groups in total. The summed E-state index contributed by atoms with van der Waals surface area (Å²) in [5.74, 6) is 0.677. The lowest BCUT2D eigenvalue weighted by atomic mass is 10.1. The molecule has 1 heterocycles. The van der Waals surface area contributed by atoms with Crippen LogP contribution in [0.25, 0.3) is 0 Å². The first-order valence-electron chi connectivity index (χ1n) is 4.96. The molecule has 13 heavy (non-hydrogen) atoms. The second-order valence-corrected chi connectivity index (χ2v) is 4.52. The van der Waals surface area contributed by atoms with Gasteiger partial charge >= 0.3 is 0 Å². The molecular formula is C11H22N2+2. The van der Waals surface area contributed by atoms with Crippen molar-refractivity contribution in [1.29, 1.82) is 0 Å². The van der Waals surface area contributed by atoms with Gasteiger partial charge in [-0.15, -0.1) is 0 Å². The van der Waals surface area contributed by atoms with Gasteiger partial charge in [0.15, 0.2) is 17.9 Å². The van der Waals surface area contributed by atoms with Crippen molar-refractivity contribution in [3.05, 3.63) is 11.4 Å². The molecule has 2 heteroatoms. The lowest BCUT2D eigenvalue weighted by molar-refractivity contribution is -0.746. The summed E-state index contributed by atoms with van der Waals surface area (Å²) in [5, 5.41) is 0. The first kappa shape index (κ1) is 10.5. The van der Waals surface area contributed by atoms with Crippen molar-refractivity contribution in [2.45, 2.75) is 20.8 Å². The predicted octanol–water partition coefficient (Wildman–Crippen LogP) is 1.68. The maximum atomic E-state index is 2.31. The molecule has 0 amide bonds. The molecule has 1 atom stereocenters. The normalized spacial score (nSPS) is 23.4. The Hall–Kier alpha value is -0.630. The maximum absolute atomic E-state index is 2.31. The van der Waals surface area contributed by atoms with Crippen LogP contribution in [0.5, 0.6) is 0 Å². The summed E-state index contributed by atoms with van der Waals surface area (Å²) in [6.45, 7) is 7.76. The average Bonchev–Trinajstić information content (AvgIpc) is 2.51. The summed E-state index contributed by atoms with van der Waals surface area (Å²) in [5.41, 5.74) is 3.14. The third-order valence-corrected chi connectivity index (χ3v) is 3.23. The highest BCUT2D eigenvalue weighted by Crippen LogP contribution is 2.42. The topological polar surface area (TPSA) is 3.01 Å². The van der Waals surface area contributed by atoms with E-state index in [-0.39, 0.29) is 0 Å². The third-order valence-electron chi connectivity index (χ3n) is 3.23. The molecule has 0 aliphatic carbocycles. The Morgan fingerprint density at radius 2 is 1.92 bits per heavy atom. The summed E-state index contributed by atoms with van der Waals surface area (Å²) >= 11 is 0. The van der Waals surface area contributed by atoms with Gasteiger partial charge in [-0.3, -0.25) is 4.48 Å². The van der Waals surface area contributed by atoms with E-state index in [9.17, 15) is 0 Å². The SMILES string of the molecule is CC=[N+](C)CC(C)C1=C(C)[N+]1(C)C. The van der Waals surface area contributed by atoms with Crippen LogP contribution >= 0.6 is 0 Å². The molecule has 74 valence electrons. The van der Waals surface area contributed by atoms with E-state index in [0.29, 0.717) is 5.92 Å². The fraction of sp³-hybridized carbons (Fsp3) is 0.727. The van der Waals surface area contributed by atoms with Crippen LogP contribution < -0.4 is 0 Å². The zero-order valence-corrected chi connectivity index (χ0v) is 9.76. The van der Waals surface area contributed by atoms with E-state index in [2.05, 4.69) is 52.7 Å². The van der Waals surface area contributed by atoms with E-state index in [1.807, 2.05) is 0 Å². The molecule has 2 nitrogen and oxygen atoms in total. The van der Waals surface area contributed by atoms with Crippen LogP contribution in [0.4, 0.5) is 0 Å². The molecule has 0 aromatic heterocycles. The molecule has 1 aliphatic heterocycles. The molecule has 1 rings (SSSR count). The predicted molar refractivity (Wildman–Crippen MR) is 56.8 cm³/mol. The highest BCUT2D eigenvalue weighted by molar-refractivity contribution is 5.46. The number of allylic oxidation sites excluding steroid dienone is 1. The lowest BCUT2D eigenvalue weighted by Crippen LogP contribution is -2.23. The van der Waals surface area contributed by atoms with Crippen LogP contribution in [0, 0.1) is 5.92 Å². The van der Waals surface area contributed by atoms with E-state index >= 15 is 0 Å². The van der Waals surface area contributed by atoms with Crippen molar-refractivity contribution < 1.29 is 9.06 Å². The summed E-state index contributed by atoms with van der Waals surface area (Å²) in [7, 11) is 6.66. The molecule has 0 saturated carbocycles. The summed E-state index contributed by atoms with van der Waals surface area (Å²) < 4.78 is 3.29. The van der Waals surface area contributed by atoms with Crippen LogP contribution in [0.2, 0.25) is 0 Å². The van der Waals surface area contributed by atoms with Gasteiger partial charge in [0, 0.05) is 13.8 Å². The van der Waals surface area contributed by atoms with E-state index in [1.54, 1.807) is 5.70 Å². The zero-order chi connectivity index (χ0) is 10.2. The highest BCUT2D eigenvalue weighted by atomic mass is 15.4. The quantitative estimate of drug-likeness (QED) is 0.355. The van der Waals surface area contributed by atoms with Gasteiger partial charge in [-0.2, -0.15) is 0 Å². The molecule has 1 unspecified atom stereocenters. The van der Waals surface area contributed by atoms with Gasteiger partial charge in [-0.05, 0) is 6.92 Å². The van der Waals surface area contributed by atoms with Gasteiger partial charge in [0.1, 0.15) is 13.3 Å². The maximum Gasteiger partial charge on any atom is 0.179 e. The van der Waals surface area contributed by atoms with Gasteiger partial charge in [0.25, 0.3) is 0 Å². The van der Waals surface area contributed by atoms with Gasteiger partial charge < -0.3 is 0 Å². The fourth-order valence-corrected chi connectivity index (χ4v) is 2.14. The van der Waals surface area contributed by atoms with E-state index in [4.69, 9.17) is 0 Å². The number of rotatable bonds is 3. The summed E-state index contributed by atoms with van der Waals surface area (Å²) in [6, 6.07) is 0. The molecule has 0 spiro atoms. The van der Waals surface area contributed by atoms with Crippen LogP contribution in [0.15, 0.2) is 11.4 Å². The molecule has 0 aromatic rings. The summed E-state index contributed by atoms with van der Waals surface area (Å²) in [6.07, 6.45) is 2.13. The first-order chi connectivity index (χ1) is 5.91. The average molecular weight is 182 g/mol. The third kappa shape index (κ3) is 1.83. The zero-order valence-electron chi connectivity index (χ0n) is 9.76. The Morgan fingerprint density at radius 3 is 2.23 bits per heavy atom. The largest absolute Gasteiger partial charge is 0.261 e. The van der Waals surface area contributed by atoms with Crippen molar-refractivity contribution >= 4 is 6.21 Å². The van der Waals surface area contributed by atoms with Gasteiger partial charge in [-0.1, -0.05) is 0 Å². The van der Waals surface area contributed by atoms with Crippen LogP contribution in [0.1, 0.15) is 20.8 Å². The monoisotopic (exact) mass is 182 g/mol. The smallest absolute Gasteiger partial charge is 0.179 e. The lowest BCUT2D eigenvalue weighted by Gasteiger charge is -2.10. The first-order valence-corrected chi connectivity index (χ1v) is 4.96. The minimum Gasteiger partial charge on any atom is -0.261 e. The van der Waals surface area contributed by atoms with Gasteiger partial charge in [0.05, 0.1) is 20.0 Å². The Morgan fingerprint density at radius 1 is 1.46 bits per heavy atom. The number of hydrogen-bond donors (Lipinski definition) is 0. The highest BCUT2D eigenvalue weighted by Gasteiger charge is 2.49. The number of nitrogens with zero attached hydrogens (tertiary/aromatic N) is 2. The molecule has 0 radical (unpaired) electrons. The van der Waals surface area contributed by atoms with E-state index in [1.165, 1.54) is 5.70 Å². The molecule has 0 bridgehead atoms. The number of quaternary nitrogens is 1. The Balaban J connectivity index is 2.57. The van der Waals surface area contributed by atoms with Crippen molar-refractivity contribution in [3.63, 3.8) is 0 Å². The minimum atomic E-state index is 0.677. The standard InChI is InChI=1S/C11H22N2/c1-7-12(4)8-9(2)11-10(3)13(11,5)6/h7,9H,8H2,1-6H3/q+2. The molecule has 0 aromatic carbocycles. The Labute approximate surface area is 81.8 Å². The van der Waals surface area contributed by atoms with E-state index in [0.717, 1.165) is 11.0 Å². The second-order valence-electron chi connectivity index (χ2n) is 4.52. The Kier molecular flexibility index (Phi) is 2.62. The van der Waals surface area contributed by atoms with E-state index < -0.39 is 0 Å². The van der Waals surface area contributed by atoms with Gasteiger partial charge in [-0.25, -0.2) is 4.58 Å².